The van der Waals surface area contributed by atoms with E-state index >= 15 is 0 Å². The molecule has 0 amide bonds. The van der Waals surface area contributed by atoms with Crippen LogP contribution in [0.2, 0.25) is 0 Å². The van der Waals surface area contributed by atoms with Crippen LogP contribution in [0.15, 0.2) is 23.0 Å². The first-order chi connectivity index (χ1) is 7.22. The summed E-state index contributed by atoms with van der Waals surface area (Å²) in [6, 6.07) is 4.30. The Morgan fingerprint density at radius 1 is 1.47 bits per heavy atom. The molecular formula is C10H10FN3O. The molecule has 4 nitrogen and oxygen atoms in total. The van der Waals surface area contributed by atoms with E-state index in [1.165, 1.54) is 18.2 Å². The van der Waals surface area contributed by atoms with E-state index in [9.17, 15) is 9.18 Å². The van der Waals surface area contributed by atoms with Crippen molar-refractivity contribution < 1.29 is 4.39 Å². The van der Waals surface area contributed by atoms with Gasteiger partial charge in [0, 0.05) is 6.42 Å². The van der Waals surface area contributed by atoms with Crippen molar-refractivity contribution in [1.29, 1.82) is 0 Å². The van der Waals surface area contributed by atoms with Crippen LogP contribution in [0.4, 0.5) is 4.39 Å². The van der Waals surface area contributed by atoms with Crippen molar-refractivity contribution in [3.63, 3.8) is 0 Å². The number of nitrogens with zero attached hydrogens (tertiary/aromatic N) is 1. The van der Waals surface area contributed by atoms with Crippen molar-refractivity contribution in [1.82, 2.24) is 9.97 Å². The fraction of sp³-hybridized carbons (Fsp3) is 0.200. The van der Waals surface area contributed by atoms with Crippen molar-refractivity contribution >= 4 is 10.9 Å². The van der Waals surface area contributed by atoms with Crippen LogP contribution in [0.1, 0.15) is 5.82 Å². The summed E-state index contributed by atoms with van der Waals surface area (Å²) < 4.78 is 13.3. The largest absolute Gasteiger partial charge is 0.330 e. The maximum Gasteiger partial charge on any atom is 0.258 e. The molecule has 2 rings (SSSR count). The Bertz CT molecular complexity index is 550. The van der Waals surface area contributed by atoms with E-state index in [1.807, 2.05) is 0 Å². The summed E-state index contributed by atoms with van der Waals surface area (Å²) in [5.41, 5.74) is 5.11. The molecule has 15 heavy (non-hydrogen) atoms. The van der Waals surface area contributed by atoms with Crippen LogP contribution in [0.5, 0.6) is 0 Å². The van der Waals surface area contributed by atoms with Crippen molar-refractivity contribution in [2.45, 2.75) is 6.42 Å². The van der Waals surface area contributed by atoms with E-state index in [0.717, 1.165) is 0 Å². The van der Waals surface area contributed by atoms with Gasteiger partial charge < -0.3 is 10.7 Å². The molecule has 0 unspecified atom stereocenters. The summed E-state index contributed by atoms with van der Waals surface area (Å²) in [6.45, 7) is 0.364. The van der Waals surface area contributed by atoms with Crippen molar-refractivity contribution in [2.75, 3.05) is 6.54 Å². The molecule has 0 atom stereocenters. The molecule has 0 bridgehead atoms. The average molecular weight is 207 g/mol. The molecule has 0 saturated carbocycles. The summed E-state index contributed by atoms with van der Waals surface area (Å²) in [5, 5.41) is 0.260. The Hall–Kier alpha value is -1.75. The second-order valence-electron chi connectivity index (χ2n) is 3.19. The second-order valence-corrected chi connectivity index (χ2v) is 3.19. The zero-order valence-electron chi connectivity index (χ0n) is 7.96. The van der Waals surface area contributed by atoms with Gasteiger partial charge in [-0.1, -0.05) is 6.07 Å². The molecular weight excluding hydrogens is 197 g/mol. The molecule has 0 fully saturated rings. The standard InChI is InChI=1S/C10H10FN3O/c11-7-3-1-2-6-9(7)13-8(4-5-12)14-10(6)15/h1-3H,4-5,12H2,(H,13,14,15). The first kappa shape index (κ1) is 9.79. The number of rotatable bonds is 2. The highest BCUT2D eigenvalue weighted by atomic mass is 19.1. The maximum absolute atomic E-state index is 13.3. The fourth-order valence-electron chi connectivity index (χ4n) is 1.43. The lowest BCUT2D eigenvalue weighted by Gasteiger charge is -2.01. The van der Waals surface area contributed by atoms with E-state index < -0.39 is 5.82 Å². The van der Waals surface area contributed by atoms with Gasteiger partial charge in [0.25, 0.3) is 5.56 Å². The van der Waals surface area contributed by atoms with Crippen LogP contribution in [-0.4, -0.2) is 16.5 Å². The minimum atomic E-state index is -0.489. The lowest BCUT2D eigenvalue weighted by Crippen LogP contribution is -2.15. The van der Waals surface area contributed by atoms with Crippen molar-refractivity contribution in [2.24, 2.45) is 5.73 Å². The van der Waals surface area contributed by atoms with Gasteiger partial charge >= 0.3 is 0 Å². The molecule has 0 aliphatic carbocycles. The molecule has 0 aliphatic heterocycles. The Labute approximate surface area is 84.9 Å². The number of para-hydroxylation sites is 1. The second kappa shape index (κ2) is 3.78. The van der Waals surface area contributed by atoms with E-state index in [4.69, 9.17) is 5.73 Å². The van der Waals surface area contributed by atoms with Crippen LogP contribution in [0.3, 0.4) is 0 Å². The number of benzene rings is 1. The van der Waals surface area contributed by atoms with Crippen LogP contribution >= 0.6 is 0 Å². The smallest absolute Gasteiger partial charge is 0.258 e. The zero-order chi connectivity index (χ0) is 10.8. The molecule has 5 heteroatoms. The van der Waals surface area contributed by atoms with E-state index in [1.54, 1.807) is 0 Å². The molecule has 0 spiro atoms. The van der Waals surface area contributed by atoms with Gasteiger partial charge in [0.05, 0.1) is 5.39 Å². The van der Waals surface area contributed by atoms with E-state index in [2.05, 4.69) is 9.97 Å². The monoisotopic (exact) mass is 207 g/mol. The van der Waals surface area contributed by atoms with Crippen LogP contribution in [0, 0.1) is 5.82 Å². The third-order valence-electron chi connectivity index (χ3n) is 2.12. The van der Waals surface area contributed by atoms with Crippen LogP contribution in [-0.2, 0) is 6.42 Å². The Balaban J connectivity index is 2.74. The first-order valence-electron chi connectivity index (χ1n) is 4.60. The first-order valence-corrected chi connectivity index (χ1v) is 4.60. The number of H-pyrrole nitrogens is 1. The van der Waals surface area contributed by atoms with E-state index in [-0.39, 0.29) is 16.5 Å². The van der Waals surface area contributed by atoms with Gasteiger partial charge in [-0.05, 0) is 18.7 Å². The van der Waals surface area contributed by atoms with Gasteiger partial charge in [-0.25, -0.2) is 9.37 Å². The molecule has 1 aromatic heterocycles. The molecule has 0 radical (unpaired) electrons. The van der Waals surface area contributed by atoms with Gasteiger partial charge in [0.1, 0.15) is 17.2 Å². The highest BCUT2D eigenvalue weighted by Gasteiger charge is 2.06. The van der Waals surface area contributed by atoms with Gasteiger partial charge in [0.15, 0.2) is 0 Å². The number of aromatic amines is 1. The Kier molecular flexibility index (Phi) is 2.47. The molecule has 3 N–H and O–H groups in total. The summed E-state index contributed by atoms with van der Waals surface area (Å²) in [6.07, 6.45) is 0.430. The Morgan fingerprint density at radius 3 is 3.00 bits per heavy atom. The summed E-state index contributed by atoms with van der Waals surface area (Å²) in [5.74, 6) is -0.0722. The number of aromatic nitrogens is 2. The molecule has 0 aliphatic rings. The zero-order valence-corrected chi connectivity index (χ0v) is 7.96. The number of hydrogen-bond acceptors (Lipinski definition) is 3. The molecule has 1 aromatic carbocycles. The minimum Gasteiger partial charge on any atom is -0.330 e. The normalized spacial score (nSPS) is 10.8. The summed E-state index contributed by atoms with van der Waals surface area (Å²) >= 11 is 0. The number of nitrogens with two attached hydrogens (primary N) is 1. The van der Waals surface area contributed by atoms with Gasteiger partial charge in [0.2, 0.25) is 0 Å². The lowest BCUT2D eigenvalue weighted by atomic mass is 10.2. The molecule has 2 aromatic rings. The summed E-state index contributed by atoms with van der Waals surface area (Å²) in [7, 11) is 0. The van der Waals surface area contributed by atoms with Crippen LogP contribution < -0.4 is 11.3 Å². The number of halogens is 1. The van der Waals surface area contributed by atoms with Gasteiger partial charge in [-0.3, -0.25) is 4.79 Å². The predicted octanol–water partition coefficient (Wildman–Crippen LogP) is 0.563. The molecule has 78 valence electrons. The van der Waals surface area contributed by atoms with Crippen molar-refractivity contribution in [3.8, 4) is 0 Å². The number of nitrogens with one attached hydrogen (secondary N) is 1. The number of hydrogen-bond donors (Lipinski definition) is 2. The summed E-state index contributed by atoms with van der Waals surface area (Å²) in [4.78, 5) is 18.1. The minimum absolute atomic E-state index is 0.102. The SMILES string of the molecule is NCCc1nc2c(F)cccc2c(=O)[nH]1. The van der Waals surface area contributed by atoms with Gasteiger partial charge in [-0.2, -0.15) is 0 Å². The lowest BCUT2D eigenvalue weighted by molar-refractivity contribution is 0.635. The van der Waals surface area contributed by atoms with E-state index in [0.29, 0.717) is 18.8 Å². The number of fused-ring (bicyclic) bond motifs is 1. The third kappa shape index (κ3) is 1.73. The molecule has 1 heterocycles. The van der Waals surface area contributed by atoms with Gasteiger partial charge in [-0.15, -0.1) is 0 Å². The highest BCUT2D eigenvalue weighted by molar-refractivity contribution is 5.77. The Morgan fingerprint density at radius 2 is 2.27 bits per heavy atom. The average Bonchev–Trinajstić information content (AvgIpc) is 2.20. The van der Waals surface area contributed by atoms with Crippen molar-refractivity contribution in [3.05, 3.63) is 40.2 Å². The fourth-order valence-corrected chi connectivity index (χ4v) is 1.43. The topological polar surface area (TPSA) is 71.8 Å². The third-order valence-corrected chi connectivity index (χ3v) is 2.12. The van der Waals surface area contributed by atoms with Crippen LogP contribution in [0.25, 0.3) is 10.9 Å². The molecule has 0 saturated heterocycles. The maximum atomic E-state index is 13.3. The highest BCUT2D eigenvalue weighted by Crippen LogP contribution is 2.11. The quantitative estimate of drug-likeness (QED) is 0.756. The predicted molar refractivity (Wildman–Crippen MR) is 55.1 cm³/mol.